The average Bonchev–Trinajstić information content (AvgIpc) is 2.67. The van der Waals surface area contributed by atoms with E-state index in [0.29, 0.717) is 11.3 Å². The number of hydrogen-bond acceptors (Lipinski definition) is 2. The molecule has 0 aliphatic carbocycles. The lowest BCUT2D eigenvalue weighted by Crippen LogP contribution is -1.79. The number of rotatable bonds is 2. The molecule has 0 fully saturated rings. The highest BCUT2D eigenvalue weighted by Crippen LogP contribution is 2.22. The number of hydrogen-bond donors (Lipinski definition) is 0. The summed E-state index contributed by atoms with van der Waals surface area (Å²) in [5, 5.41) is 0. The minimum Gasteiger partial charge on any atom is -0.464 e. The van der Waals surface area contributed by atoms with Crippen LogP contribution in [0, 0.1) is 0 Å². The highest BCUT2D eigenvalue weighted by Gasteiger charge is 2.06. The van der Waals surface area contributed by atoms with Gasteiger partial charge in [-0.3, -0.25) is 4.79 Å². The number of furan rings is 1. The summed E-state index contributed by atoms with van der Waals surface area (Å²) < 4.78 is 5.21. The lowest BCUT2D eigenvalue weighted by atomic mass is 10.1. The topological polar surface area (TPSA) is 30.2 Å². The summed E-state index contributed by atoms with van der Waals surface area (Å²) in [6, 6.07) is 11.2. The lowest BCUT2D eigenvalue weighted by molar-refractivity contribution is 0.112. The van der Waals surface area contributed by atoms with Gasteiger partial charge in [-0.2, -0.15) is 0 Å². The van der Waals surface area contributed by atoms with Crippen LogP contribution in [0.4, 0.5) is 0 Å². The molecule has 2 rings (SSSR count). The van der Waals surface area contributed by atoms with Gasteiger partial charge in [0.05, 0.1) is 11.8 Å². The highest BCUT2D eigenvalue weighted by atomic mass is 16.3. The Morgan fingerprint density at radius 3 is 2.54 bits per heavy atom. The van der Waals surface area contributed by atoms with Gasteiger partial charge in [-0.05, 0) is 6.07 Å². The average molecular weight is 172 g/mol. The molecule has 64 valence electrons. The van der Waals surface area contributed by atoms with Gasteiger partial charge in [0.25, 0.3) is 0 Å². The summed E-state index contributed by atoms with van der Waals surface area (Å²) in [5.41, 5.74) is 1.51. The van der Waals surface area contributed by atoms with Crippen molar-refractivity contribution < 1.29 is 9.21 Å². The fraction of sp³-hybridized carbons (Fsp3) is 0. The van der Waals surface area contributed by atoms with Crippen LogP contribution in [0.15, 0.2) is 47.1 Å². The normalized spacial score (nSPS) is 9.85. The Labute approximate surface area is 75.8 Å². The molecule has 0 aliphatic heterocycles. The van der Waals surface area contributed by atoms with E-state index < -0.39 is 0 Å². The third kappa shape index (κ3) is 1.38. The zero-order valence-electron chi connectivity index (χ0n) is 6.94. The van der Waals surface area contributed by atoms with Crippen molar-refractivity contribution in [3.63, 3.8) is 0 Å². The molecule has 0 spiro atoms. The van der Waals surface area contributed by atoms with Crippen molar-refractivity contribution in [1.82, 2.24) is 0 Å². The van der Waals surface area contributed by atoms with Gasteiger partial charge in [0.15, 0.2) is 6.29 Å². The third-order valence-electron chi connectivity index (χ3n) is 1.86. The minimum atomic E-state index is 0.589. The van der Waals surface area contributed by atoms with Crippen LogP contribution in [0.5, 0.6) is 0 Å². The van der Waals surface area contributed by atoms with Crippen molar-refractivity contribution >= 4 is 6.29 Å². The maximum absolute atomic E-state index is 10.6. The Morgan fingerprint density at radius 2 is 1.85 bits per heavy atom. The monoisotopic (exact) mass is 172 g/mol. The molecule has 0 amide bonds. The van der Waals surface area contributed by atoms with E-state index in [9.17, 15) is 4.79 Å². The fourth-order valence-corrected chi connectivity index (χ4v) is 1.24. The van der Waals surface area contributed by atoms with Gasteiger partial charge < -0.3 is 4.42 Å². The summed E-state index contributed by atoms with van der Waals surface area (Å²) in [6.45, 7) is 0. The van der Waals surface area contributed by atoms with Gasteiger partial charge in [0, 0.05) is 5.56 Å². The van der Waals surface area contributed by atoms with E-state index in [4.69, 9.17) is 4.42 Å². The molecule has 1 heterocycles. The van der Waals surface area contributed by atoms with Crippen molar-refractivity contribution in [2.24, 2.45) is 0 Å². The van der Waals surface area contributed by atoms with Gasteiger partial charge in [-0.1, -0.05) is 30.3 Å². The van der Waals surface area contributed by atoms with Crippen LogP contribution >= 0.6 is 0 Å². The zero-order valence-corrected chi connectivity index (χ0v) is 6.94. The molecule has 0 unspecified atom stereocenters. The molecule has 2 heteroatoms. The number of carbonyl (C=O) groups excluding carboxylic acids is 1. The first kappa shape index (κ1) is 7.80. The number of aldehydes is 1. The van der Waals surface area contributed by atoms with E-state index in [1.54, 1.807) is 6.07 Å². The molecule has 0 aliphatic rings. The number of carbonyl (C=O) groups is 1. The van der Waals surface area contributed by atoms with Crippen LogP contribution in [0.25, 0.3) is 11.3 Å². The molecule has 13 heavy (non-hydrogen) atoms. The van der Waals surface area contributed by atoms with Crippen LogP contribution in [-0.2, 0) is 0 Å². The van der Waals surface area contributed by atoms with Crippen molar-refractivity contribution in [2.75, 3.05) is 0 Å². The second-order valence-electron chi connectivity index (χ2n) is 2.69. The quantitative estimate of drug-likeness (QED) is 0.652. The summed E-state index contributed by atoms with van der Waals surface area (Å²) >= 11 is 0. The van der Waals surface area contributed by atoms with Crippen LogP contribution in [0.1, 0.15) is 10.4 Å². The van der Waals surface area contributed by atoms with E-state index in [1.165, 1.54) is 6.26 Å². The summed E-state index contributed by atoms with van der Waals surface area (Å²) in [7, 11) is 0. The molecule has 0 saturated carbocycles. The first-order valence-corrected chi connectivity index (χ1v) is 4.00. The van der Waals surface area contributed by atoms with Crippen molar-refractivity contribution in [1.29, 1.82) is 0 Å². The number of benzene rings is 1. The fourth-order valence-electron chi connectivity index (χ4n) is 1.24. The molecular weight excluding hydrogens is 164 g/mol. The van der Waals surface area contributed by atoms with Gasteiger partial charge >= 0.3 is 0 Å². The molecule has 2 nitrogen and oxygen atoms in total. The van der Waals surface area contributed by atoms with E-state index in [0.717, 1.165) is 11.8 Å². The third-order valence-corrected chi connectivity index (χ3v) is 1.86. The van der Waals surface area contributed by atoms with Crippen LogP contribution < -0.4 is 0 Å². The molecule has 1 aromatic heterocycles. The molecule has 0 bridgehead atoms. The minimum absolute atomic E-state index is 0.589. The first-order chi connectivity index (χ1) is 6.42. The summed E-state index contributed by atoms with van der Waals surface area (Å²) in [6.07, 6.45) is 2.32. The van der Waals surface area contributed by atoms with Gasteiger partial charge in [-0.25, -0.2) is 0 Å². The second kappa shape index (κ2) is 3.27. The van der Waals surface area contributed by atoms with E-state index >= 15 is 0 Å². The predicted octanol–water partition coefficient (Wildman–Crippen LogP) is 2.76. The molecule has 0 radical (unpaired) electrons. The van der Waals surface area contributed by atoms with Crippen LogP contribution in [-0.4, -0.2) is 6.29 Å². The lowest BCUT2D eigenvalue weighted by Gasteiger charge is -1.95. The molecule has 0 N–H and O–H groups in total. The maximum Gasteiger partial charge on any atom is 0.153 e. The Bertz CT molecular complexity index is 401. The Hall–Kier alpha value is -1.83. The van der Waals surface area contributed by atoms with Gasteiger partial charge in [0.1, 0.15) is 5.76 Å². The predicted molar refractivity (Wildman–Crippen MR) is 49.5 cm³/mol. The first-order valence-electron chi connectivity index (χ1n) is 4.00. The molecule has 2 aromatic rings. The smallest absolute Gasteiger partial charge is 0.153 e. The molecule has 0 atom stereocenters. The zero-order chi connectivity index (χ0) is 9.10. The van der Waals surface area contributed by atoms with Gasteiger partial charge in [-0.15, -0.1) is 0 Å². The van der Waals surface area contributed by atoms with Gasteiger partial charge in [0.2, 0.25) is 0 Å². The highest BCUT2D eigenvalue weighted by molar-refractivity contribution is 5.84. The molecule has 1 aromatic carbocycles. The summed E-state index contributed by atoms with van der Waals surface area (Å²) in [5.74, 6) is 0.635. The van der Waals surface area contributed by atoms with Crippen LogP contribution in [0.2, 0.25) is 0 Å². The Morgan fingerprint density at radius 1 is 1.08 bits per heavy atom. The van der Waals surface area contributed by atoms with Crippen molar-refractivity contribution in [3.8, 4) is 11.3 Å². The second-order valence-corrected chi connectivity index (χ2v) is 2.69. The largest absolute Gasteiger partial charge is 0.464 e. The molecular formula is C11H8O2. The van der Waals surface area contributed by atoms with E-state index in [-0.39, 0.29) is 0 Å². The van der Waals surface area contributed by atoms with E-state index in [1.807, 2.05) is 30.3 Å². The maximum atomic E-state index is 10.6. The molecule has 0 saturated heterocycles. The van der Waals surface area contributed by atoms with E-state index in [2.05, 4.69) is 0 Å². The summed E-state index contributed by atoms with van der Waals surface area (Å²) in [4.78, 5) is 10.6. The SMILES string of the molecule is O=Cc1ccoc1-c1ccccc1. The van der Waals surface area contributed by atoms with Crippen molar-refractivity contribution in [2.45, 2.75) is 0 Å². The van der Waals surface area contributed by atoms with Crippen molar-refractivity contribution in [3.05, 3.63) is 48.2 Å². The Balaban J connectivity index is 2.52. The van der Waals surface area contributed by atoms with Crippen LogP contribution in [0.3, 0.4) is 0 Å². The standard InChI is InChI=1S/C11H8O2/c12-8-10-6-7-13-11(10)9-4-2-1-3-5-9/h1-8H. The Kier molecular flexibility index (Phi) is 1.96.